The molecule has 0 aliphatic rings. The molecule has 6 aromatic rings. The maximum absolute atomic E-state index is 10.5. The molecule has 0 N–H and O–H groups in total. The average Bonchev–Trinajstić information content (AvgIpc) is 2.98. The topological polar surface area (TPSA) is 114 Å². The number of fused-ring (bicyclic) bond motifs is 3. The monoisotopic (exact) mass is 646 g/mol. The number of aromatic carboxylic acids is 1. The van der Waals surface area contributed by atoms with Gasteiger partial charge in [-0.3, -0.25) is 0 Å². The molecule has 0 unspecified atom stereocenters. The number of carbonyl (C=O) groups excluding carboxylic acids is 4. The van der Waals surface area contributed by atoms with Crippen LogP contribution in [0, 0.1) is 6.07 Å². The molecule has 0 fully saturated rings. The van der Waals surface area contributed by atoms with Crippen molar-refractivity contribution in [3.63, 3.8) is 0 Å². The number of carboxylic acids is 2. The Bertz CT molecular complexity index is 1510. The second kappa shape index (κ2) is 26.5. The van der Waals surface area contributed by atoms with E-state index in [1.165, 1.54) is 21.5 Å². The molecule has 0 saturated carbocycles. The Morgan fingerprint density at radius 2 is 0.884 bits per heavy atom. The van der Waals surface area contributed by atoms with Crippen molar-refractivity contribution in [1.29, 1.82) is 0 Å². The predicted molar refractivity (Wildman–Crippen MR) is 151 cm³/mol. The number of hydrogen-bond acceptors (Lipinski definition) is 6. The molecule has 200 valence electrons. The van der Waals surface area contributed by atoms with Crippen molar-refractivity contribution in [1.82, 2.24) is 0 Å². The van der Waals surface area contributed by atoms with Gasteiger partial charge in [0, 0.05) is 5.97 Å². The fourth-order valence-corrected chi connectivity index (χ4v) is 3.52. The molecule has 0 radical (unpaired) electrons. The first-order chi connectivity index (χ1) is 19.3. The summed E-state index contributed by atoms with van der Waals surface area (Å²) in [6, 6.07) is 46.6. The summed E-state index contributed by atoms with van der Waals surface area (Å²) in [7, 11) is 0. The molecular weight excluding hydrogens is 622 g/mol. The van der Waals surface area contributed by atoms with Gasteiger partial charge in [0.2, 0.25) is 0 Å². The maximum Gasteiger partial charge on any atom is 1.00 e. The summed E-state index contributed by atoms with van der Waals surface area (Å²) in [5.74, 6) is -2.22. The van der Waals surface area contributed by atoms with E-state index < -0.39 is 11.9 Å². The van der Waals surface area contributed by atoms with Gasteiger partial charge in [-0.15, -0.1) is 16.8 Å². The van der Waals surface area contributed by atoms with Crippen LogP contribution in [0.25, 0.3) is 32.3 Å². The quantitative estimate of drug-likeness (QED) is 0.133. The third kappa shape index (κ3) is 18.2. The third-order valence-electron chi connectivity index (χ3n) is 5.24. The zero-order chi connectivity index (χ0) is 29.2. The smallest absolute Gasteiger partial charge is 0.550 e. The Labute approximate surface area is 378 Å². The van der Waals surface area contributed by atoms with Crippen LogP contribution >= 0.6 is 0 Å². The normalized spacial score (nSPS) is 8.49. The van der Waals surface area contributed by atoms with Crippen molar-refractivity contribution >= 4 is 50.4 Å². The van der Waals surface area contributed by atoms with Crippen molar-refractivity contribution in [2.24, 2.45) is 0 Å². The first-order valence-corrected chi connectivity index (χ1v) is 12.0. The molecule has 0 aromatic heterocycles. The minimum absolute atomic E-state index is 0. The zero-order valence-corrected chi connectivity index (χ0v) is 34.0. The van der Waals surface area contributed by atoms with Crippen LogP contribution in [-0.2, 0) is 14.4 Å². The first kappa shape index (κ1) is 44.5. The van der Waals surface area contributed by atoms with Crippen LogP contribution in [0.3, 0.4) is 0 Å². The molecule has 0 atom stereocenters. The number of benzene rings is 6. The van der Waals surface area contributed by atoms with Crippen molar-refractivity contribution in [3.8, 4) is 0 Å². The molecule has 0 heterocycles. The second-order valence-electron chi connectivity index (χ2n) is 8.04. The number of carboxylic acid groups (broad SMARTS) is 2. The molecule has 0 aliphatic heterocycles. The molecule has 0 saturated heterocycles. The summed E-state index contributed by atoms with van der Waals surface area (Å²) in [5, 5.41) is 26.5. The number of aliphatic carboxylic acids is 1. The molecule has 6 rings (SSSR count). The van der Waals surface area contributed by atoms with E-state index >= 15 is 0 Å². The van der Waals surface area contributed by atoms with Crippen LogP contribution in [0.2, 0.25) is 0 Å². The van der Waals surface area contributed by atoms with E-state index in [1.807, 2.05) is 48.5 Å². The van der Waals surface area contributed by atoms with Crippen LogP contribution in [0.4, 0.5) is 0 Å². The minimum Gasteiger partial charge on any atom is -0.550 e. The minimum atomic E-state index is -1.13. The van der Waals surface area contributed by atoms with E-state index in [2.05, 4.69) is 72.8 Å². The Hall–Kier alpha value is -0.671. The molecule has 6 aromatic carbocycles. The van der Waals surface area contributed by atoms with Crippen molar-refractivity contribution in [2.75, 3.05) is 0 Å². The van der Waals surface area contributed by atoms with Gasteiger partial charge in [0.25, 0.3) is 0 Å². The summed E-state index contributed by atoms with van der Waals surface area (Å²) in [6.07, 6.45) is 0.250. The summed E-state index contributed by atoms with van der Waals surface area (Å²) in [4.78, 5) is 35.7. The van der Waals surface area contributed by atoms with Gasteiger partial charge in [-0.2, -0.15) is 33.9 Å². The first-order valence-electron chi connectivity index (χ1n) is 12.0. The fraction of sp³-hybridized carbons (Fsp3) is 0.0294. The van der Waals surface area contributed by atoms with Gasteiger partial charge < -0.3 is 19.8 Å². The van der Waals surface area contributed by atoms with Gasteiger partial charge in [0.05, 0.1) is 5.97 Å². The van der Waals surface area contributed by atoms with Crippen molar-refractivity contribution < 1.29 is 184 Å². The van der Waals surface area contributed by atoms with Gasteiger partial charge in [-0.25, -0.2) is 0 Å². The predicted octanol–water partition coefficient (Wildman–Crippen LogP) is -4.13. The van der Waals surface area contributed by atoms with Gasteiger partial charge >= 0.3 is 160 Å². The summed E-state index contributed by atoms with van der Waals surface area (Å²) in [6.45, 7) is 0.972. The Morgan fingerprint density at radius 1 is 0.558 bits per heavy atom. The fourth-order valence-electron chi connectivity index (χ4n) is 3.52. The molecule has 0 bridgehead atoms. The van der Waals surface area contributed by atoms with Crippen molar-refractivity contribution in [2.45, 2.75) is 6.92 Å². The molecule has 6 nitrogen and oxygen atoms in total. The number of hydrogen-bond donors (Lipinski definition) is 0. The van der Waals surface area contributed by atoms with Gasteiger partial charge in [0.1, 0.15) is 0 Å². The summed E-state index contributed by atoms with van der Waals surface area (Å²) in [5.41, 5.74) is 0.221. The Balaban J connectivity index is 0. The Kier molecular flexibility index (Phi) is 27.4. The summed E-state index contributed by atoms with van der Waals surface area (Å²) >= 11 is 0. The van der Waals surface area contributed by atoms with Crippen LogP contribution in [-0.4, -0.2) is 18.1 Å². The molecule has 9 heteroatoms. The molecule has 0 spiro atoms. The SMILES string of the molecule is CC(=O)[O-].O=C([O-])c1ccc2ccccc2c1.O=C=O.[K+].[K+].[K+].[c-]1ccc2ccccc2c1.c1ccc2ccccc2c1. The van der Waals surface area contributed by atoms with Crippen LogP contribution in [0.5, 0.6) is 0 Å². The van der Waals surface area contributed by atoms with Crippen molar-refractivity contribution in [3.05, 3.63) is 145 Å². The standard InChI is InChI=1S/C11H8O2.C10H8.C10H7.C2H4O2.CO2.3K/c12-11(13)10-6-5-8-3-1-2-4-9(8)7-10;2*1-2-6-10-8-4-3-7-9(10)5-1;1-2(3)4;2-1-3;;;/h1-7H,(H,12,13);1-8H;1-3,5-8H;1H3,(H,3,4);;;;/q;;-1;;;3*+1/p-2. The number of rotatable bonds is 1. The van der Waals surface area contributed by atoms with E-state index in [-0.39, 0.29) is 166 Å². The van der Waals surface area contributed by atoms with E-state index in [9.17, 15) is 9.90 Å². The zero-order valence-electron chi connectivity index (χ0n) is 24.7. The number of carbonyl (C=O) groups is 2. The third-order valence-corrected chi connectivity index (χ3v) is 5.24. The molecule has 0 aliphatic carbocycles. The largest absolute Gasteiger partial charge is 1.00 e. The van der Waals surface area contributed by atoms with Crippen LogP contribution in [0.1, 0.15) is 17.3 Å². The second-order valence-corrected chi connectivity index (χ2v) is 8.04. The van der Waals surface area contributed by atoms with Crippen LogP contribution in [0.15, 0.2) is 133 Å². The van der Waals surface area contributed by atoms with Gasteiger partial charge in [0.15, 0.2) is 0 Å². The van der Waals surface area contributed by atoms with E-state index in [1.54, 1.807) is 18.2 Å². The molecular formula is C34H25K3O6. The van der Waals surface area contributed by atoms with E-state index in [4.69, 9.17) is 19.5 Å². The van der Waals surface area contributed by atoms with Gasteiger partial charge in [-0.05, 0) is 40.1 Å². The average molecular weight is 647 g/mol. The van der Waals surface area contributed by atoms with E-state index in [0.717, 1.165) is 17.7 Å². The maximum atomic E-state index is 10.5. The van der Waals surface area contributed by atoms with Gasteiger partial charge in [-0.1, -0.05) is 103 Å². The van der Waals surface area contributed by atoms with E-state index in [0.29, 0.717) is 0 Å². The summed E-state index contributed by atoms with van der Waals surface area (Å²) < 4.78 is 0. The molecule has 43 heavy (non-hydrogen) atoms. The molecule has 0 amide bonds. The van der Waals surface area contributed by atoms with Crippen LogP contribution < -0.4 is 164 Å². The Morgan fingerprint density at radius 3 is 1.26 bits per heavy atom.